The molecule has 7 heteroatoms. The molecular formula is C26H37N3O4. The normalized spacial score (nSPS) is 12.6. The van der Waals surface area contributed by atoms with Gasteiger partial charge < -0.3 is 14.2 Å². The fourth-order valence-electron chi connectivity index (χ4n) is 3.38. The monoisotopic (exact) mass is 455 g/mol. The molecule has 0 spiro atoms. The van der Waals surface area contributed by atoms with E-state index in [0.717, 1.165) is 40.9 Å². The van der Waals surface area contributed by atoms with Crippen molar-refractivity contribution in [3.05, 3.63) is 52.3 Å². The Kier molecular flexibility index (Phi) is 9.26. The lowest BCUT2D eigenvalue weighted by molar-refractivity contribution is -0.00599. The Labute approximate surface area is 197 Å². The van der Waals surface area contributed by atoms with Crippen molar-refractivity contribution in [3.63, 3.8) is 0 Å². The lowest BCUT2D eigenvalue weighted by Crippen LogP contribution is -2.13. The number of hydrogen-bond donors (Lipinski definition) is 0. The molecule has 0 N–H and O–H groups in total. The van der Waals surface area contributed by atoms with Crippen LogP contribution in [0.5, 0.6) is 0 Å². The summed E-state index contributed by atoms with van der Waals surface area (Å²) in [4.78, 5) is 16.2. The van der Waals surface area contributed by atoms with Crippen molar-refractivity contribution in [1.29, 1.82) is 0 Å². The third kappa shape index (κ3) is 6.94. The number of rotatable bonds is 9. The molecule has 2 aromatic rings. The molecule has 2 rings (SSSR count). The van der Waals surface area contributed by atoms with Gasteiger partial charge in [-0.1, -0.05) is 58.4 Å². The van der Waals surface area contributed by atoms with E-state index < -0.39 is 6.16 Å². The Morgan fingerprint density at radius 3 is 2.30 bits per heavy atom. The minimum atomic E-state index is -0.749. The number of unbranched alkanes of at least 4 members (excludes halogenated alkanes) is 1. The minimum absolute atomic E-state index is 0.0439. The van der Waals surface area contributed by atoms with Crippen molar-refractivity contribution in [3.8, 4) is 0 Å². The number of allylic oxidation sites excluding steroid dienone is 1. The van der Waals surface area contributed by atoms with Crippen LogP contribution in [0.1, 0.15) is 68.6 Å². The molecule has 0 saturated carbocycles. The maximum atomic E-state index is 11.9. The zero-order valence-corrected chi connectivity index (χ0v) is 21.2. The molecule has 0 aliphatic rings. The van der Waals surface area contributed by atoms with E-state index in [2.05, 4.69) is 55.1 Å². The predicted octanol–water partition coefficient (Wildman–Crippen LogP) is 5.83. The van der Waals surface area contributed by atoms with Crippen LogP contribution in [0.25, 0.3) is 11.3 Å². The van der Waals surface area contributed by atoms with E-state index in [0.29, 0.717) is 12.4 Å². The number of aryl methyl sites for hydroxylation is 2. The lowest BCUT2D eigenvalue weighted by atomic mass is 9.86. The summed E-state index contributed by atoms with van der Waals surface area (Å²) in [6.45, 7) is 12.5. The molecule has 1 aromatic carbocycles. The Morgan fingerprint density at radius 1 is 1.12 bits per heavy atom. The van der Waals surface area contributed by atoms with Crippen LogP contribution in [0.2, 0.25) is 0 Å². The molecule has 33 heavy (non-hydrogen) atoms. The van der Waals surface area contributed by atoms with Crippen LogP contribution < -0.4 is 0 Å². The van der Waals surface area contributed by atoms with Gasteiger partial charge in [-0.25, -0.2) is 4.79 Å². The van der Waals surface area contributed by atoms with Crippen LogP contribution in [0.4, 0.5) is 4.79 Å². The number of benzene rings is 1. The van der Waals surface area contributed by atoms with Gasteiger partial charge in [-0.2, -0.15) is 5.10 Å². The van der Waals surface area contributed by atoms with Crippen LogP contribution in [0.3, 0.4) is 0 Å². The molecule has 1 aromatic heterocycles. The number of carbonyl (C=O) groups is 1. The largest absolute Gasteiger partial charge is 0.511 e. The highest BCUT2D eigenvalue weighted by molar-refractivity contribution is 6.18. The summed E-state index contributed by atoms with van der Waals surface area (Å²) in [6, 6.07) is 8.33. The van der Waals surface area contributed by atoms with Gasteiger partial charge in [-0.05, 0) is 36.8 Å². The van der Waals surface area contributed by atoms with Crippen molar-refractivity contribution in [2.75, 3.05) is 20.4 Å². The van der Waals surface area contributed by atoms with Gasteiger partial charge in [0.15, 0.2) is 5.76 Å². The van der Waals surface area contributed by atoms with Crippen molar-refractivity contribution >= 4 is 23.7 Å². The van der Waals surface area contributed by atoms with E-state index in [-0.39, 0.29) is 12.2 Å². The summed E-state index contributed by atoms with van der Waals surface area (Å²) >= 11 is 0. The molecule has 0 unspecified atom stereocenters. The van der Waals surface area contributed by atoms with E-state index in [9.17, 15) is 4.79 Å². The lowest BCUT2D eigenvalue weighted by Gasteiger charge is -2.20. The van der Waals surface area contributed by atoms with Crippen LogP contribution in [0.15, 0.2) is 29.3 Å². The number of carbonyl (C=O) groups excluding carboxylic acids is 1. The average Bonchev–Trinajstić information content (AvgIpc) is 3.01. The molecule has 0 atom stereocenters. The smallest absolute Gasteiger partial charge is 0.454 e. The van der Waals surface area contributed by atoms with Gasteiger partial charge in [0.2, 0.25) is 6.79 Å². The highest BCUT2D eigenvalue weighted by Gasteiger charge is 2.21. The molecule has 7 nitrogen and oxygen atoms in total. The summed E-state index contributed by atoms with van der Waals surface area (Å²) in [5, 5.41) is 4.53. The topological polar surface area (TPSA) is 74.9 Å². The zero-order valence-electron chi connectivity index (χ0n) is 21.2. The van der Waals surface area contributed by atoms with E-state index in [1.54, 1.807) is 17.9 Å². The van der Waals surface area contributed by atoms with Gasteiger partial charge in [0.05, 0.1) is 12.3 Å². The molecule has 1 heterocycles. The molecule has 0 amide bonds. The first kappa shape index (κ1) is 26.2. The number of hydrogen-bond acceptors (Lipinski definition) is 6. The van der Waals surface area contributed by atoms with E-state index in [1.165, 1.54) is 5.56 Å². The SMILES string of the molecule is CCCCOC(=O)OCO/C(=C(/C=N\C)c1ccc(C(C)(C)C)cc1)c1c(C)c(C)nn1C. The Balaban J connectivity index is 2.47. The van der Waals surface area contributed by atoms with Crippen LogP contribution in [-0.2, 0) is 26.7 Å². The summed E-state index contributed by atoms with van der Waals surface area (Å²) < 4.78 is 18.0. The Bertz CT molecular complexity index is 996. The molecular weight excluding hydrogens is 418 g/mol. The van der Waals surface area contributed by atoms with Crippen LogP contribution in [-0.4, -0.2) is 42.6 Å². The van der Waals surface area contributed by atoms with Crippen molar-refractivity contribution < 1.29 is 19.0 Å². The number of aromatic nitrogens is 2. The molecule has 0 aliphatic heterocycles. The van der Waals surface area contributed by atoms with E-state index in [1.807, 2.05) is 27.8 Å². The third-order valence-corrected chi connectivity index (χ3v) is 5.40. The number of aliphatic imine (C=N–C) groups is 1. The van der Waals surface area contributed by atoms with Crippen LogP contribution in [0, 0.1) is 13.8 Å². The molecule has 180 valence electrons. The zero-order chi connectivity index (χ0) is 24.6. The molecule has 0 bridgehead atoms. The van der Waals surface area contributed by atoms with E-state index in [4.69, 9.17) is 14.2 Å². The first-order valence-corrected chi connectivity index (χ1v) is 11.3. The molecule has 0 radical (unpaired) electrons. The number of nitrogens with zero attached hydrogens (tertiary/aromatic N) is 3. The summed E-state index contributed by atoms with van der Waals surface area (Å²) in [5.74, 6) is 0.533. The van der Waals surface area contributed by atoms with Crippen molar-refractivity contribution in [2.24, 2.45) is 12.0 Å². The number of ether oxygens (including phenoxy) is 3. The highest BCUT2D eigenvalue weighted by Crippen LogP contribution is 2.31. The second kappa shape index (κ2) is 11.7. The molecule has 0 saturated heterocycles. The van der Waals surface area contributed by atoms with Gasteiger partial charge in [-0.15, -0.1) is 0 Å². The van der Waals surface area contributed by atoms with Crippen molar-refractivity contribution in [1.82, 2.24) is 9.78 Å². The second-order valence-electron chi connectivity index (χ2n) is 9.00. The third-order valence-electron chi connectivity index (χ3n) is 5.40. The van der Waals surface area contributed by atoms with Gasteiger partial charge in [0.25, 0.3) is 0 Å². The highest BCUT2D eigenvalue weighted by atomic mass is 16.8. The predicted molar refractivity (Wildman–Crippen MR) is 132 cm³/mol. The first-order chi connectivity index (χ1) is 15.6. The fourth-order valence-corrected chi connectivity index (χ4v) is 3.38. The maximum absolute atomic E-state index is 11.9. The fraction of sp³-hybridized carbons (Fsp3) is 0.500. The molecule has 0 aliphatic carbocycles. The second-order valence-corrected chi connectivity index (χ2v) is 9.00. The van der Waals surface area contributed by atoms with Gasteiger partial charge >= 0.3 is 6.16 Å². The van der Waals surface area contributed by atoms with Gasteiger partial charge in [-0.3, -0.25) is 9.67 Å². The van der Waals surface area contributed by atoms with E-state index >= 15 is 0 Å². The minimum Gasteiger partial charge on any atom is -0.454 e. The summed E-state index contributed by atoms with van der Waals surface area (Å²) in [6.07, 6.45) is 2.73. The summed E-state index contributed by atoms with van der Waals surface area (Å²) in [7, 11) is 3.58. The van der Waals surface area contributed by atoms with Gasteiger partial charge in [0.1, 0.15) is 5.69 Å². The quantitative estimate of drug-likeness (QED) is 0.156. The Hall–Kier alpha value is -3.09. The maximum Gasteiger partial charge on any atom is 0.511 e. The standard InChI is InChI=1S/C26H37N3O4/c1-9-10-15-31-25(30)33-17-32-24(23-18(2)19(3)28-29(23)8)22(16-27-7)20-11-13-21(14-12-20)26(4,5)6/h11-14,16H,9-10,15,17H2,1-8H3/b24-22-,27-16-. The van der Waals surface area contributed by atoms with Crippen LogP contribution >= 0.6 is 0 Å². The van der Waals surface area contributed by atoms with Gasteiger partial charge in [0, 0.05) is 31.4 Å². The summed E-state index contributed by atoms with van der Waals surface area (Å²) in [5.41, 5.74) is 5.65. The molecule has 0 fully saturated rings. The average molecular weight is 456 g/mol. The first-order valence-electron chi connectivity index (χ1n) is 11.3. The van der Waals surface area contributed by atoms with Crippen molar-refractivity contribution in [2.45, 2.75) is 59.8 Å². The Morgan fingerprint density at radius 2 is 1.79 bits per heavy atom.